The van der Waals surface area contributed by atoms with Crippen LogP contribution in [0.1, 0.15) is 20.3 Å². The number of amides is 1. The second-order valence-electron chi connectivity index (χ2n) is 7.82. The van der Waals surface area contributed by atoms with Gasteiger partial charge in [-0.1, -0.05) is 37.2 Å². The minimum Gasteiger partial charge on any atom is -0.497 e. The third-order valence-electron chi connectivity index (χ3n) is 5.08. The van der Waals surface area contributed by atoms with Crippen molar-refractivity contribution in [3.63, 3.8) is 0 Å². The molecule has 9 heteroatoms. The van der Waals surface area contributed by atoms with Crippen molar-refractivity contribution in [2.45, 2.75) is 25.4 Å². The molecule has 0 spiro atoms. The van der Waals surface area contributed by atoms with Crippen molar-refractivity contribution in [2.24, 2.45) is 5.92 Å². The van der Waals surface area contributed by atoms with Crippen molar-refractivity contribution in [2.75, 3.05) is 55.4 Å². The Balaban J connectivity index is 1.53. The van der Waals surface area contributed by atoms with Gasteiger partial charge in [0, 0.05) is 44.5 Å². The van der Waals surface area contributed by atoms with E-state index < -0.39 is 0 Å². The maximum Gasteiger partial charge on any atom is 0.230 e. The molecular weight excluding hydrogens is 434 g/mol. The molecule has 0 atom stereocenters. The van der Waals surface area contributed by atoms with Crippen LogP contribution in [0.25, 0.3) is 0 Å². The predicted molar refractivity (Wildman–Crippen MR) is 128 cm³/mol. The minimum atomic E-state index is -0.0103. The van der Waals surface area contributed by atoms with Crippen LogP contribution >= 0.6 is 23.4 Å². The first-order valence-corrected chi connectivity index (χ1v) is 11.9. The summed E-state index contributed by atoms with van der Waals surface area (Å²) in [5, 5.41) is 3.85. The predicted octanol–water partition coefficient (Wildman–Crippen LogP) is 3.72. The zero-order valence-corrected chi connectivity index (χ0v) is 19.9. The largest absolute Gasteiger partial charge is 0.497 e. The SMILES string of the molecule is COc1ccc(N2CCN(c3cc(Cl)nc(SCC(=O)NCCC(C)C)n3)CC2)cc1. The van der Waals surface area contributed by atoms with Crippen LogP contribution in [-0.2, 0) is 4.79 Å². The van der Waals surface area contributed by atoms with Crippen molar-refractivity contribution < 1.29 is 9.53 Å². The van der Waals surface area contributed by atoms with E-state index in [4.69, 9.17) is 16.3 Å². The molecule has 1 amide bonds. The molecule has 0 unspecified atom stereocenters. The Bertz CT molecular complexity index is 857. The van der Waals surface area contributed by atoms with E-state index in [2.05, 4.69) is 51.1 Å². The highest BCUT2D eigenvalue weighted by molar-refractivity contribution is 7.99. The molecule has 1 saturated heterocycles. The van der Waals surface area contributed by atoms with Crippen LogP contribution in [0.15, 0.2) is 35.5 Å². The van der Waals surface area contributed by atoms with Gasteiger partial charge in [-0.25, -0.2) is 9.97 Å². The van der Waals surface area contributed by atoms with E-state index in [1.807, 2.05) is 12.1 Å². The number of rotatable bonds is 9. The van der Waals surface area contributed by atoms with Crippen LogP contribution in [0.4, 0.5) is 11.5 Å². The van der Waals surface area contributed by atoms with Gasteiger partial charge >= 0.3 is 0 Å². The summed E-state index contributed by atoms with van der Waals surface area (Å²) in [7, 11) is 1.67. The third kappa shape index (κ3) is 7.18. The van der Waals surface area contributed by atoms with Gasteiger partial charge in [0.1, 0.15) is 16.7 Å². The molecule has 7 nitrogen and oxygen atoms in total. The van der Waals surface area contributed by atoms with E-state index in [1.165, 1.54) is 17.4 Å². The number of anilines is 2. The van der Waals surface area contributed by atoms with Gasteiger partial charge in [-0.3, -0.25) is 4.79 Å². The normalized spacial score (nSPS) is 14.1. The fraction of sp³-hybridized carbons (Fsp3) is 0.500. The molecule has 31 heavy (non-hydrogen) atoms. The maximum absolute atomic E-state index is 12.0. The molecule has 168 valence electrons. The van der Waals surface area contributed by atoms with Crippen LogP contribution in [0.3, 0.4) is 0 Å². The lowest BCUT2D eigenvalue weighted by Gasteiger charge is -2.36. The average molecular weight is 464 g/mol. The number of aromatic nitrogens is 2. The number of hydrogen-bond acceptors (Lipinski definition) is 7. The van der Waals surface area contributed by atoms with Crippen molar-refractivity contribution in [1.29, 1.82) is 0 Å². The van der Waals surface area contributed by atoms with Gasteiger partial charge in [0.25, 0.3) is 0 Å². The van der Waals surface area contributed by atoms with Crippen molar-refractivity contribution in [3.05, 3.63) is 35.5 Å². The molecule has 0 radical (unpaired) electrons. The third-order valence-corrected chi connectivity index (χ3v) is 6.12. The van der Waals surface area contributed by atoms with Gasteiger partial charge in [0.05, 0.1) is 12.9 Å². The first kappa shape index (κ1) is 23.5. The van der Waals surface area contributed by atoms with Crippen molar-refractivity contribution in [1.82, 2.24) is 15.3 Å². The summed E-state index contributed by atoms with van der Waals surface area (Å²) >= 11 is 7.56. The van der Waals surface area contributed by atoms with E-state index in [-0.39, 0.29) is 11.7 Å². The van der Waals surface area contributed by atoms with Crippen LogP contribution in [-0.4, -0.2) is 61.5 Å². The Morgan fingerprint density at radius 2 is 1.84 bits per heavy atom. The Morgan fingerprint density at radius 1 is 1.16 bits per heavy atom. The summed E-state index contributed by atoms with van der Waals surface area (Å²) in [4.78, 5) is 25.5. The minimum absolute atomic E-state index is 0.0103. The Hall–Kier alpha value is -2.19. The standard InChI is InChI=1S/C22H30ClN5O2S/c1-16(2)8-9-24-21(29)15-31-22-25-19(23)14-20(26-22)28-12-10-27(11-13-28)17-4-6-18(30-3)7-5-17/h4-7,14,16H,8-13,15H2,1-3H3,(H,24,29). The number of methoxy groups -OCH3 is 1. The molecule has 2 aromatic rings. The Labute approximate surface area is 193 Å². The van der Waals surface area contributed by atoms with E-state index >= 15 is 0 Å². The number of hydrogen-bond donors (Lipinski definition) is 1. The number of halogens is 1. The molecule has 1 aromatic heterocycles. The molecule has 0 aliphatic carbocycles. The number of thioether (sulfide) groups is 1. The molecule has 0 saturated carbocycles. The van der Waals surface area contributed by atoms with Crippen molar-refractivity contribution >= 4 is 40.8 Å². The van der Waals surface area contributed by atoms with Crippen LogP contribution in [0.5, 0.6) is 5.75 Å². The monoisotopic (exact) mass is 463 g/mol. The lowest BCUT2D eigenvalue weighted by Crippen LogP contribution is -2.46. The summed E-state index contributed by atoms with van der Waals surface area (Å²) in [5.41, 5.74) is 1.18. The number of ether oxygens (including phenoxy) is 1. The topological polar surface area (TPSA) is 70.6 Å². The van der Waals surface area contributed by atoms with Crippen LogP contribution in [0, 0.1) is 5.92 Å². The number of benzene rings is 1. The number of nitrogens with zero attached hydrogens (tertiary/aromatic N) is 4. The highest BCUT2D eigenvalue weighted by Crippen LogP contribution is 2.25. The first-order valence-electron chi connectivity index (χ1n) is 10.5. The zero-order valence-electron chi connectivity index (χ0n) is 18.3. The fourth-order valence-corrected chi connectivity index (χ4v) is 4.19. The number of carbonyl (C=O) groups is 1. The number of carbonyl (C=O) groups excluding carboxylic acids is 1. The number of nitrogens with one attached hydrogen (secondary N) is 1. The number of piperazine rings is 1. The average Bonchev–Trinajstić information content (AvgIpc) is 2.77. The van der Waals surface area contributed by atoms with Gasteiger partial charge in [-0.05, 0) is 36.6 Å². The molecule has 1 aliphatic heterocycles. The highest BCUT2D eigenvalue weighted by Gasteiger charge is 2.20. The van der Waals surface area contributed by atoms with Crippen molar-refractivity contribution in [3.8, 4) is 5.75 Å². The Morgan fingerprint density at radius 3 is 2.48 bits per heavy atom. The van der Waals surface area contributed by atoms with E-state index in [0.29, 0.717) is 22.8 Å². The van der Waals surface area contributed by atoms with Crippen LogP contribution in [0.2, 0.25) is 5.15 Å². The van der Waals surface area contributed by atoms with Gasteiger partial charge in [0.15, 0.2) is 5.16 Å². The molecule has 0 bridgehead atoms. The van der Waals surface area contributed by atoms with Crippen LogP contribution < -0.4 is 19.9 Å². The second-order valence-corrected chi connectivity index (χ2v) is 9.15. The van der Waals surface area contributed by atoms with E-state index in [0.717, 1.165) is 44.2 Å². The molecule has 1 N–H and O–H groups in total. The fourth-order valence-electron chi connectivity index (χ4n) is 3.28. The highest BCUT2D eigenvalue weighted by atomic mass is 35.5. The summed E-state index contributed by atoms with van der Waals surface area (Å²) in [6, 6.07) is 9.91. The van der Waals surface area contributed by atoms with Gasteiger partial charge in [0.2, 0.25) is 5.91 Å². The Kier molecular flexibility index (Phi) is 8.66. The first-order chi connectivity index (χ1) is 14.9. The summed E-state index contributed by atoms with van der Waals surface area (Å²) in [6.07, 6.45) is 0.969. The van der Waals surface area contributed by atoms with E-state index in [9.17, 15) is 4.79 Å². The molecule has 1 aliphatic rings. The molecule has 3 rings (SSSR count). The molecular formula is C22H30ClN5O2S. The quantitative estimate of drug-likeness (QED) is 0.345. The van der Waals surface area contributed by atoms with E-state index in [1.54, 1.807) is 13.2 Å². The summed E-state index contributed by atoms with van der Waals surface area (Å²) in [6.45, 7) is 8.40. The summed E-state index contributed by atoms with van der Waals surface area (Å²) in [5.74, 6) is 2.50. The molecule has 1 aromatic carbocycles. The van der Waals surface area contributed by atoms with Gasteiger partial charge in [-0.15, -0.1) is 0 Å². The maximum atomic E-state index is 12.0. The van der Waals surface area contributed by atoms with Gasteiger partial charge in [-0.2, -0.15) is 0 Å². The smallest absolute Gasteiger partial charge is 0.230 e. The molecule has 2 heterocycles. The zero-order chi connectivity index (χ0) is 22.2. The lowest BCUT2D eigenvalue weighted by molar-refractivity contribution is -0.118. The summed E-state index contributed by atoms with van der Waals surface area (Å²) < 4.78 is 5.24. The molecule has 1 fully saturated rings. The van der Waals surface area contributed by atoms with Gasteiger partial charge < -0.3 is 19.9 Å². The second kappa shape index (κ2) is 11.4. The lowest BCUT2D eigenvalue weighted by atomic mass is 10.1.